The van der Waals surface area contributed by atoms with Gasteiger partial charge < -0.3 is 15.0 Å². The molecule has 2 atom stereocenters. The van der Waals surface area contributed by atoms with Crippen LogP contribution in [0.4, 0.5) is 5.82 Å². The minimum absolute atomic E-state index is 0.144. The van der Waals surface area contributed by atoms with E-state index in [0.717, 1.165) is 38.4 Å². The first-order valence-electron chi connectivity index (χ1n) is 8.19. The van der Waals surface area contributed by atoms with Gasteiger partial charge in [-0.25, -0.2) is 9.97 Å². The van der Waals surface area contributed by atoms with E-state index >= 15 is 0 Å². The second-order valence-corrected chi connectivity index (χ2v) is 6.30. The molecular weight excluding hydrogens is 280 g/mol. The third-order valence-corrected chi connectivity index (χ3v) is 4.37. The molecular formula is C16H24N4O2. The molecule has 22 heavy (non-hydrogen) atoms. The molecule has 1 amide bonds. The number of piperidine rings is 1. The second-order valence-electron chi connectivity index (χ2n) is 6.30. The smallest absolute Gasteiger partial charge is 0.271 e. The van der Waals surface area contributed by atoms with Crippen LogP contribution in [0.25, 0.3) is 0 Å². The van der Waals surface area contributed by atoms with E-state index in [9.17, 15) is 4.79 Å². The molecule has 120 valence electrons. The van der Waals surface area contributed by atoms with Gasteiger partial charge in [0.2, 0.25) is 0 Å². The van der Waals surface area contributed by atoms with E-state index in [1.165, 1.54) is 12.8 Å². The Morgan fingerprint density at radius 1 is 1.36 bits per heavy atom. The number of hydrogen-bond donors (Lipinski definition) is 1. The Morgan fingerprint density at radius 2 is 2.27 bits per heavy atom. The molecule has 2 aliphatic rings. The number of rotatable bonds is 4. The van der Waals surface area contributed by atoms with E-state index in [1.807, 2.05) is 0 Å². The Balaban J connectivity index is 1.54. The minimum Gasteiger partial charge on any atom is -0.376 e. The zero-order valence-corrected chi connectivity index (χ0v) is 13.1. The maximum Gasteiger partial charge on any atom is 0.271 e. The van der Waals surface area contributed by atoms with E-state index in [-0.39, 0.29) is 12.0 Å². The summed E-state index contributed by atoms with van der Waals surface area (Å²) in [5.74, 6) is 1.37. The third kappa shape index (κ3) is 3.74. The molecule has 2 aliphatic heterocycles. The van der Waals surface area contributed by atoms with Crippen molar-refractivity contribution >= 4 is 11.7 Å². The lowest BCUT2D eigenvalue weighted by molar-refractivity contribution is 0.0853. The number of ether oxygens (including phenoxy) is 1. The molecule has 0 saturated carbocycles. The number of carbonyl (C=O) groups is 1. The second kappa shape index (κ2) is 7.05. The first kappa shape index (κ1) is 15.2. The third-order valence-electron chi connectivity index (χ3n) is 4.37. The molecule has 0 aromatic carbocycles. The summed E-state index contributed by atoms with van der Waals surface area (Å²) in [4.78, 5) is 23.0. The molecule has 1 aromatic heterocycles. The Morgan fingerprint density at radius 3 is 2.95 bits per heavy atom. The van der Waals surface area contributed by atoms with Crippen LogP contribution in [0.3, 0.4) is 0 Å². The first-order valence-corrected chi connectivity index (χ1v) is 8.19. The van der Waals surface area contributed by atoms with Crippen LogP contribution in [-0.2, 0) is 4.74 Å². The van der Waals surface area contributed by atoms with Gasteiger partial charge in [0.25, 0.3) is 5.91 Å². The van der Waals surface area contributed by atoms with Crippen molar-refractivity contribution in [1.29, 1.82) is 0 Å². The lowest BCUT2D eigenvalue weighted by Gasteiger charge is -2.31. The van der Waals surface area contributed by atoms with Crippen molar-refractivity contribution in [3.63, 3.8) is 0 Å². The Hall–Kier alpha value is -1.69. The lowest BCUT2D eigenvalue weighted by atomic mass is 10.0. The number of carbonyl (C=O) groups excluding carboxylic acids is 1. The summed E-state index contributed by atoms with van der Waals surface area (Å²) in [5.41, 5.74) is 0.367. The SMILES string of the molecule is CC1CCCN(c2cnc(C(=O)NCC3CCCO3)cn2)C1. The molecule has 3 heterocycles. The van der Waals surface area contributed by atoms with E-state index in [1.54, 1.807) is 12.4 Å². The average molecular weight is 304 g/mol. The van der Waals surface area contributed by atoms with Gasteiger partial charge >= 0.3 is 0 Å². The van der Waals surface area contributed by atoms with Gasteiger partial charge in [0.15, 0.2) is 0 Å². The van der Waals surface area contributed by atoms with E-state index in [2.05, 4.69) is 27.1 Å². The fourth-order valence-corrected chi connectivity index (χ4v) is 3.10. The zero-order valence-electron chi connectivity index (χ0n) is 13.1. The average Bonchev–Trinajstić information content (AvgIpc) is 3.06. The van der Waals surface area contributed by atoms with Gasteiger partial charge in [-0.1, -0.05) is 6.92 Å². The van der Waals surface area contributed by atoms with Crippen molar-refractivity contribution < 1.29 is 9.53 Å². The predicted molar refractivity (Wildman–Crippen MR) is 84.0 cm³/mol. The van der Waals surface area contributed by atoms with Gasteiger partial charge in [0, 0.05) is 26.2 Å². The van der Waals surface area contributed by atoms with Crippen LogP contribution in [0.15, 0.2) is 12.4 Å². The minimum atomic E-state index is -0.179. The van der Waals surface area contributed by atoms with Gasteiger partial charge in [-0.3, -0.25) is 4.79 Å². The molecule has 1 N–H and O–H groups in total. The van der Waals surface area contributed by atoms with Crippen LogP contribution >= 0.6 is 0 Å². The van der Waals surface area contributed by atoms with Crippen molar-refractivity contribution in [3.05, 3.63) is 18.1 Å². The maximum absolute atomic E-state index is 12.1. The van der Waals surface area contributed by atoms with E-state index in [0.29, 0.717) is 18.2 Å². The molecule has 3 rings (SSSR count). The molecule has 0 aliphatic carbocycles. The van der Waals surface area contributed by atoms with E-state index < -0.39 is 0 Å². The topological polar surface area (TPSA) is 67.4 Å². The highest BCUT2D eigenvalue weighted by atomic mass is 16.5. The first-order chi connectivity index (χ1) is 10.7. The maximum atomic E-state index is 12.1. The summed E-state index contributed by atoms with van der Waals surface area (Å²) in [6.07, 6.45) is 7.96. The lowest BCUT2D eigenvalue weighted by Crippen LogP contribution is -2.35. The molecule has 0 bridgehead atoms. The summed E-state index contributed by atoms with van der Waals surface area (Å²) in [7, 11) is 0. The molecule has 2 fully saturated rings. The van der Waals surface area contributed by atoms with Crippen LogP contribution in [0.2, 0.25) is 0 Å². The number of nitrogens with zero attached hydrogens (tertiary/aromatic N) is 3. The van der Waals surface area contributed by atoms with Crippen LogP contribution < -0.4 is 10.2 Å². The van der Waals surface area contributed by atoms with Crippen LogP contribution in [-0.4, -0.2) is 48.2 Å². The van der Waals surface area contributed by atoms with Crippen LogP contribution in [0, 0.1) is 5.92 Å². The molecule has 0 radical (unpaired) electrons. The highest BCUT2D eigenvalue weighted by molar-refractivity contribution is 5.92. The summed E-state index contributed by atoms with van der Waals surface area (Å²) in [6, 6.07) is 0. The van der Waals surface area contributed by atoms with Crippen LogP contribution in [0.5, 0.6) is 0 Å². The summed E-state index contributed by atoms with van der Waals surface area (Å²) >= 11 is 0. The number of hydrogen-bond acceptors (Lipinski definition) is 5. The number of amides is 1. The zero-order chi connectivity index (χ0) is 15.4. The Bertz CT molecular complexity index is 499. The van der Waals surface area contributed by atoms with Gasteiger partial charge in [-0.15, -0.1) is 0 Å². The summed E-state index contributed by atoms with van der Waals surface area (Å²) < 4.78 is 5.49. The molecule has 0 spiro atoms. The predicted octanol–water partition coefficient (Wildman–Crippen LogP) is 1.62. The quantitative estimate of drug-likeness (QED) is 0.915. The Kier molecular flexibility index (Phi) is 4.87. The van der Waals surface area contributed by atoms with Gasteiger partial charge in [0.1, 0.15) is 11.5 Å². The van der Waals surface area contributed by atoms with Crippen molar-refractivity contribution in [3.8, 4) is 0 Å². The number of aromatic nitrogens is 2. The molecule has 1 aromatic rings. The Labute approximate surface area is 131 Å². The summed E-state index contributed by atoms with van der Waals surface area (Å²) in [5, 5.41) is 2.87. The number of nitrogens with one attached hydrogen (secondary N) is 1. The van der Waals surface area contributed by atoms with E-state index in [4.69, 9.17) is 4.74 Å². The van der Waals surface area contributed by atoms with Gasteiger partial charge in [0.05, 0.1) is 18.5 Å². The fourth-order valence-electron chi connectivity index (χ4n) is 3.10. The molecule has 2 unspecified atom stereocenters. The van der Waals surface area contributed by atoms with Crippen molar-refractivity contribution in [1.82, 2.24) is 15.3 Å². The monoisotopic (exact) mass is 304 g/mol. The van der Waals surface area contributed by atoms with Crippen molar-refractivity contribution in [2.75, 3.05) is 31.1 Å². The largest absolute Gasteiger partial charge is 0.376 e. The van der Waals surface area contributed by atoms with Gasteiger partial charge in [-0.05, 0) is 31.6 Å². The fraction of sp³-hybridized carbons (Fsp3) is 0.688. The molecule has 2 saturated heterocycles. The van der Waals surface area contributed by atoms with Crippen molar-refractivity contribution in [2.45, 2.75) is 38.7 Å². The highest BCUT2D eigenvalue weighted by Gasteiger charge is 2.19. The van der Waals surface area contributed by atoms with Crippen molar-refractivity contribution in [2.24, 2.45) is 5.92 Å². The van der Waals surface area contributed by atoms with Gasteiger partial charge in [-0.2, -0.15) is 0 Å². The summed E-state index contributed by atoms with van der Waals surface area (Å²) in [6.45, 7) is 5.63. The standard InChI is InChI=1S/C16H24N4O2/c1-12-4-2-6-20(11-12)15-10-17-14(9-18-15)16(21)19-8-13-5-3-7-22-13/h9-10,12-13H,2-8,11H2,1H3,(H,19,21). The molecule has 6 heteroatoms. The number of anilines is 1. The molecule has 6 nitrogen and oxygen atoms in total. The normalized spacial score (nSPS) is 25.2. The van der Waals surface area contributed by atoms with Crippen LogP contribution in [0.1, 0.15) is 43.1 Å². The highest BCUT2D eigenvalue weighted by Crippen LogP contribution is 2.20.